The van der Waals surface area contributed by atoms with Crippen LogP contribution in [0.15, 0.2) is 48.5 Å². The van der Waals surface area contributed by atoms with E-state index < -0.39 is 5.60 Å². The van der Waals surface area contributed by atoms with Crippen molar-refractivity contribution in [2.75, 3.05) is 26.3 Å². The van der Waals surface area contributed by atoms with E-state index in [4.69, 9.17) is 37.4 Å². The van der Waals surface area contributed by atoms with E-state index in [9.17, 15) is 4.79 Å². The van der Waals surface area contributed by atoms with E-state index in [0.29, 0.717) is 55.9 Å². The van der Waals surface area contributed by atoms with E-state index in [-0.39, 0.29) is 36.8 Å². The van der Waals surface area contributed by atoms with E-state index in [1.54, 1.807) is 19.0 Å². The summed E-state index contributed by atoms with van der Waals surface area (Å²) < 4.78 is 17.5. The molecule has 1 amide bonds. The maximum Gasteiger partial charge on any atom is 0.410 e. The number of halogens is 3. The zero-order valence-corrected chi connectivity index (χ0v) is 31.2. The lowest BCUT2D eigenvalue weighted by atomic mass is 10.0. The third kappa shape index (κ3) is 12.4. The summed E-state index contributed by atoms with van der Waals surface area (Å²) in [5, 5.41) is 29.0. The molecule has 2 aliphatic heterocycles. The number of morpholine rings is 2. The number of rotatable bonds is 8. The molecule has 14 nitrogen and oxygen atoms in total. The number of hydrogen-bond acceptors (Lipinski definition) is 11. The van der Waals surface area contributed by atoms with Crippen LogP contribution in [0.3, 0.4) is 0 Å². The van der Waals surface area contributed by atoms with Crippen LogP contribution in [0.5, 0.6) is 0 Å². The van der Waals surface area contributed by atoms with Gasteiger partial charge in [0, 0.05) is 35.5 Å². The van der Waals surface area contributed by atoms with Crippen molar-refractivity contribution in [2.45, 2.75) is 76.3 Å². The van der Waals surface area contributed by atoms with Gasteiger partial charge >= 0.3 is 6.09 Å². The lowest BCUT2D eigenvalue weighted by Gasteiger charge is -2.40. The standard InChI is InChI=1S/C19H26ClN5O3.C14H18ClN5O.ClH/c1-19(2,3)28-18(26)25-11-16(10-17-21-23-24(4)22-17)27-12-15(25)9-13-5-7-14(20)8-6-13;1-20-18-14(17-19-20)7-13-8-16-12(9-21-13)6-10-2-4-11(15)5-3-10;/h5-8,15-16H,9-12H2,1-4H3;2-5,12-13,16H,6-9H2,1H3;1H/t15-,16-;12-,13-;/m00./s1. The zero-order valence-electron chi connectivity index (χ0n) is 28.9. The third-order valence-corrected chi connectivity index (χ3v) is 8.36. The Kier molecular flexibility index (Phi) is 14.3. The van der Waals surface area contributed by atoms with E-state index in [0.717, 1.165) is 29.4 Å². The van der Waals surface area contributed by atoms with Crippen molar-refractivity contribution in [1.82, 2.24) is 50.6 Å². The monoisotopic (exact) mass is 750 g/mol. The van der Waals surface area contributed by atoms with Crippen LogP contribution in [0.25, 0.3) is 0 Å². The molecule has 4 aromatic rings. The predicted octanol–water partition coefficient (Wildman–Crippen LogP) is 4.08. The van der Waals surface area contributed by atoms with Crippen molar-refractivity contribution in [1.29, 1.82) is 0 Å². The number of ether oxygens (including phenoxy) is 3. The average Bonchev–Trinajstić information content (AvgIpc) is 3.67. The molecule has 0 spiro atoms. The Morgan fingerprint density at radius 3 is 1.82 bits per heavy atom. The molecule has 2 aliphatic rings. The number of aryl methyl sites for hydroxylation is 2. The van der Waals surface area contributed by atoms with Gasteiger partial charge in [0.1, 0.15) is 5.60 Å². The molecule has 6 rings (SSSR count). The van der Waals surface area contributed by atoms with Crippen molar-refractivity contribution in [3.63, 3.8) is 0 Å². The summed E-state index contributed by atoms with van der Waals surface area (Å²) >= 11 is 11.9. The van der Waals surface area contributed by atoms with E-state index in [2.05, 4.69) is 48.3 Å². The number of tetrazole rings is 2. The molecule has 2 aromatic carbocycles. The van der Waals surface area contributed by atoms with Crippen LogP contribution in [0.2, 0.25) is 10.0 Å². The smallest absolute Gasteiger partial charge is 0.410 e. The van der Waals surface area contributed by atoms with E-state index in [1.807, 2.05) is 57.2 Å². The van der Waals surface area contributed by atoms with Crippen LogP contribution in [-0.4, -0.2) is 108 Å². The quantitative estimate of drug-likeness (QED) is 0.278. The third-order valence-electron chi connectivity index (χ3n) is 7.86. The van der Waals surface area contributed by atoms with Crippen molar-refractivity contribution in [3.05, 3.63) is 81.4 Å². The lowest BCUT2D eigenvalue weighted by Crippen LogP contribution is -2.54. The van der Waals surface area contributed by atoms with E-state index >= 15 is 0 Å². The molecule has 17 heteroatoms. The van der Waals surface area contributed by atoms with Gasteiger partial charge in [-0.1, -0.05) is 47.5 Å². The first-order valence-electron chi connectivity index (χ1n) is 16.3. The summed E-state index contributed by atoms with van der Waals surface area (Å²) in [5.41, 5.74) is 1.78. The van der Waals surface area contributed by atoms with Gasteiger partial charge in [-0.3, -0.25) is 4.90 Å². The molecule has 272 valence electrons. The van der Waals surface area contributed by atoms with Crippen LogP contribution < -0.4 is 5.32 Å². The van der Waals surface area contributed by atoms with Gasteiger partial charge in [0.2, 0.25) is 0 Å². The number of hydrogen-bond donors (Lipinski definition) is 1. The summed E-state index contributed by atoms with van der Waals surface area (Å²) in [6, 6.07) is 15.8. The first-order valence-corrected chi connectivity index (χ1v) is 17.0. The molecular formula is C33H45Cl3N10O4. The molecular weight excluding hydrogens is 707 g/mol. The highest BCUT2D eigenvalue weighted by Crippen LogP contribution is 2.22. The average molecular weight is 752 g/mol. The van der Waals surface area contributed by atoms with Crippen LogP contribution in [0, 0.1) is 0 Å². The molecule has 1 N–H and O–H groups in total. The number of benzene rings is 2. The van der Waals surface area contributed by atoms with Crippen molar-refractivity contribution >= 4 is 41.7 Å². The Balaban J connectivity index is 0.000000229. The zero-order chi connectivity index (χ0) is 35.0. The molecule has 50 heavy (non-hydrogen) atoms. The predicted molar refractivity (Wildman–Crippen MR) is 191 cm³/mol. The fourth-order valence-electron chi connectivity index (χ4n) is 5.54. The minimum atomic E-state index is -0.567. The summed E-state index contributed by atoms with van der Waals surface area (Å²) in [5.74, 6) is 1.31. The fraction of sp³-hybridized carbons (Fsp3) is 0.545. The summed E-state index contributed by atoms with van der Waals surface area (Å²) in [7, 11) is 3.48. The SMILES string of the molecule is Cl.Cn1nnc(C[C@H]2CN(C(=O)OC(C)(C)C)[C@@H](Cc3ccc(Cl)cc3)CO2)n1.Cn1nnc(C[C@H]2CN[C@@H](Cc3ccc(Cl)cc3)CO2)n1. The van der Waals surface area contributed by atoms with Crippen LogP contribution in [0.4, 0.5) is 4.79 Å². The van der Waals surface area contributed by atoms with Crippen LogP contribution in [-0.2, 0) is 54.0 Å². The van der Waals surface area contributed by atoms with Gasteiger partial charge in [-0.2, -0.15) is 9.59 Å². The molecule has 0 saturated carbocycles. The van der Waals surface area contributed by atoms with Gasteiger partial charge in [-0.25, -0.2) is 4.79 Å². The topological polar surface area (TPSA) is 147 Å². The van der Waals surface area contributed by atoms with Crippen molar-refractivity contribution in [2.24, 2.45) is 14.1 Å². The van der Waals surface area contributed by atoms with Crippen molar-refractivity contribution < 1.29 is 19.0 Å². The molecule has 4 atom stereocenters. The molecule has 0 aliphatic carbocycles. The Bertz CT molecular complexity index is 1620. The second-order valence-corrected chi connectivity index (χ2v) is 14.1. The minimum absolute atomic E-state index is 0. The van der Waals surface area contributed by atoms with Gasteiger partial charge in [0.05, 0.1) is 52.1 Å². The van der Waals surface area contributed by atoms with Crippen LogP contribution >= 0.6 is 35.6 Å². The van der Waals surface area contributed by atoms with Gasteiger partial charge in [0.15, 0.2) is 11.6 Å². The number of carbonyl (C=O) groups is 1. The van der Waals surface area contributed by atoms with Gasteiger partial charge in [-0.15, -0.1) is 32.8 Å². The molecule has 0 radical (unpaired) electrons. The number of nitrogens with one attached hydrogen (secondary N) is 1. The minimum Gasteiger partial charge on any atom is -0.444 e. The Morgan fingerprint density at radius 1 is 0.820 bits per heavy atom. The second-order valence-electron chi connectivity index (χ2n) is 13.3. The Hall–Kier alpha value is -3.40. The number of carbonyl (C=O) groups excluding carboxylic acids is 1. The molecule has 2 aromatic heterocycles. The summed E-state index contributed by atoms with van der Waals surface area (Å²) in [4.78, 5) is 17.5. The summed E-state index contributed by atoms with van der Waals surface area (Å²) in [6.45, 7) is 7.89. The second kappa shape index (κ2) is 18.2. The van der Waals surface area contributed by atoms with Crippen LogP contribution in [0.1, 0.15) is 43.5 Å². The molecule has 4 heterocycles. The molecule has 0 unspecified atom stereocenters. The Labute approximate surface area is 308 Å². The number of nitrogens with zero attached hydrogens (tertiary/aromatic N) is 9. The maximum absolute atomic E-state index is 12.8. The van der Waals surface area contributed by atoms with Gasteiger partial charge in [0.25, 0.3) is 0 Å². The summed E-state index contributed by atoms with van der Waals surface area (Å²) in [6.07, 6.45) is 2.33. The van der Waals surface area contributed by atoms with Gasteiger partial charge in [-0.05, 0) is 79.4 Å². The number of amides is 1. The fourth-order valence-corrected chi connectivity index (χ4v) is 5.79. The number of aromatic nitrogens is 8. The molecule has 2 saturated heterocycles. The lowest BCUT2D eigenvalue weighted by molar-refractivity contribution is -0.0694. The van der Waals surface area contributed by atoms with E-state index in [1.165, 1.54) is 15.2 Å². The normalized spacial score (nSPS) is 20.7. The first kappa shape index (κ1) is 39.4. The van der Waals surface area contributed by atoms with Crippen molar-refractivity contribution in [3.8, 4) is 0 Å². The molecule has 2 fully saturated rings. The largest absolute Gasteiger partial charge is 0.444 e. The maximum atomic E-state index is 12.8. The highest BCUT2D eigenvalue weighted by molar-refractivity contribution is 6.30. The highest BCUT2D eigenvalue weighted by Gasteiger charge is 2.35. The Morgan fingerprint density at radius 2 is 1.34 bits per heavy atom. The molecule has 0 bridgehead atoms. The van der Waals surface area contributed by atoms with Gasteiger partial charge < -0.3 is 19.5 Å². The first-order chi connectivity index (χ1) is 23.4. The highest BCUT2D eigenvalue weighted by atomic mass is 35.5.